The highest BCUT2D eigenvalue weighted by Crippen LogP contribution is 2.15. The highest BCUT2D eigenvalue weighted by molar-refractivity contribution is 5.20. The highest BCUT2D eigenvalue weighted by atomic mass is 16.5. The van der Waals surface area contributed by atoms with Crippen LogP contribution in [-0.2, 0) is 4.74 Å². The van der Waals surface area contributed by atoms with Gasteiger partial charge in [-0.25, -0.2) is 0 Å². The van der Waals surface area contributed by atoms with Gasteiger partial charge in [0.2, 0.25) is 0 Å². The molecule has 0 amide bonds. The first-order valence-electron chi connectivity index (χ1n) is 8.33. The molecule has 1 atom stereocenters. The summed E-state index contributed by atoms with van der Waals surface area (Å²) in [5, 5.41) is 10.1. The fourth-order valence-electron chi connectivity index (χ4n) is 2.65. The number of nitrogens with zero attached hydrogens (tertiary/aromatic N) is 1. The Kier molecular flexibility index (Phi) is 7.16. The summed E-state index contributed by atoms with van der Waals surface area (Å²) < 4.78 is 11.5. The average molecular weight is 307 g/mol. The fraction of sp³-hybridized carbons (Fsp3) is 0.667. The third-order valence-electron chi connectivity index (χ3n) is 3.85. The minimum Gasteiger partial charge on any atom is -0.491 e. The largest absolute Gasteiger partial charge is 0.491 e. The quantitative estimate of drug-likeness (QED) is 0.801. The zero-order chi connectivity index (χ0) is 15.8. The second-order valence-corrected chi connectivity index (χ2v) is 6.51. The summed E-state index contributed by atoms with van der Waals surface area (Å²) in [7, 11) is 0. The number of aliphatic hydroxyl groups excluding tert-OH is 1. The second-order valence-electron chi connectivity index (χ2n) is 6.51. The molecule has 1 aliphatic heterocycles. The van der Waals surface area contributed by atoms with E-state index in [9.17, 15) is 5.11 Å². The van der Waals surface area contributed by atoms with Crippen molar-refractivity contribution in [1.82, 2.24) is 4.90 Å². The second kappa shape index (κ2) is 9.13. The number of rotatable bonds is 8. The SMILES string of the molecule is CC(C)COC1CCN(CC(O)COc2ccccc2)CC1. The normalized spacial score (nSPS) is 18.5. The number of hydrogen-bond donors (Lipinski definition) is 1. The molecule has 1 fully saturated rings. The van der Waals surface area contributed by atoms with Crippen molar-refractivity contribution in [2.75, 3.05) is 32.8 Å². The number of β-amino-alcohol motifs (C(OH)–C–C–N with tert-alkyl or cyclic N) is 1. The van der Waals surface area contributed by atoms with Crippen LogP contribution in [0.2, 0.25) is 0 Å². The van der Waals surface area contributed by atoms with E-state index in [2.05, 4.69) is 18.7 Å². The molecule has 0 aliphatic carbocycles. The lowest BCUT2D eigenvalue weighted by molar-refractivity contribution is -0.0156. The molecule has 0 bridgehead atoms. The van der Waals surface area contributed by atoms with Gasteiger partial charge in [-0.3, -0.25) is 0 Å². The molecular weight excluding hydrogens is 278 g/mol. The lowest BCUT2D eigenvalue weighted by Crippen LogP contribution is -2.42. The molecule has 4 nitrogen and oxygen atoms in total. The first kappa shape index (κ1) is 17.3. The predicted octanol–water partition coefficient (Wildman–Crippen LogP) is 2.56. The van der Waals surface area contributed by atoms with Gasteiger partial charge >= 0.3 is 0 Å². The van der Waals surface area contributed by atoms with E-state index in [0.29, 0.717) is 25.2 Å². The van der Waals surface area contributed by atoms with Crippen molar-refractivity contribution in [3.8, 4) is 5.75 Å². The molecule has 1 aliphatic rings. The molecule has 1 aromatic carbocycles. The number of ether oxygens (including phenoxy) is 2. The van der Waals surface area contributed by atoms with Gasteiger partial charge in [0, 0.05) is 26.2 Å². The van der Waals surface area contributed by atoms with Crippen LogP contribution in [0.1, 0.15) is 26.7 Å². The lowest BCUT2D eigenvalue weighted by atomic mass is 10.1. The lowest BCUT2D eigenvalue weighted by Gasteiger charge is -2.33. The molecule has 1 N–H and O–H groups in total. The summed E-state index contributed by atoms with van der Waals surface area (Å²) in [4.78, 5) is 2.30. The smallest absolute Gasteiger partial charge is 0.119 e. The maximum atomic E-state index is 10.1. The van der Waals surface area contributed by atoms with E-state index >= 15 is 0 Å². The summed E-state index contributed by atoms with van der Waals surface area (Å²) in [6.07, 6.45) is 2.04. The van der Waals surface area contributed by atoms with E-state index < -0.39 is 6.10 Å². The predicted molar refractivity (Wildman–Crippen MR) is 88.2 cm³/mol. The van der Waals surface area contributed by atoms with E-state index in [0.717, 1.165) is 38.3 Å². The summed E-state index contributed by atoms with van der Waals surface area (Å²) >= 11 is 0. The average Bonchev–Trinajstić information content (AvgIpc) is 2.53. The van der Waals surface area contributed by atoms with Crippen LogP contribution >= 0.6 is 0 Å². The fourth-order valence-corrected chi connectivity index (χ4v) is 2.65. The van der Waals surface area contributed by atoms with Crippen LogP contribution in [0.5, 0.6) is 5.75 Å². The van der Waals surface area contributed by atoms with E-state index in [1.807, 2.05) is 30.3 Å². The molecule has 0 aromatic heterocycles. The van der Waals surface area contributed by atoms with Gasteiger partial charge < -0.3 is 19.5 Å². The van der Waals surface area contributed by atoms with Crippen molar-refractivity contribution in [2.45, 2.75) is 38.9 Å². The van der Waals surface area contributed by atoms with Gasteiger partial charge in [-0.15, -0.1) is 0 Å². The van der Waals surface area contributed by atoms with Crippen LogP contribution in [-0.4, -0.2) is 55.1 Å². The summed E-state index contributed by atoms with van der Waals surface area (Å²) in [5.74, 6) is 1.40. The van der Waals surface area contributed by atoms with Crippen molar-refractivity contribution >= 4 is 0 Å². The van der Waals surface area contributed by atoms with Gasteiger partial charge in [-0.2, -0.15) is 0 Å². The Morgan fingerprint density at radius 3 is 2.45 bits per heavy atom. The highest BCUT2D eigenvalue weighted by Gasteiger charge is 2.21. The van der Waals surface area contributed by atoms with E-state index in [1.54, 1.807) is 0 Å². The molecular formula is C18H29NO3. The van der Waals surface area contributed by atoms with Gasteiger partial charge in [0.25, 0.3) is 0 Å². The Bertz CT molecular complexity index is 402. The van der Waals surface area contributed by atoms with E-state index in [-0.39, 0.29) is 0 Å². The first-order chi connectivity index (χ1) is 10.6. The third kappa shape index (κ3) is 6.34. The van der Waals surface area contributed by atoms with Crippen molar-refractivity contribution in [1.29, 1.82) is 0 Å². The Labute approximate surface area is 134 Å². The molecule has 124 valence electrons. The molecule has 1 unspecified atom stereocenters. The number of likely N-dealkylation sites (tertiary alicyclic amines) is 1. The number of piperidine rings is 1. The molecule has 4 heteroatoms. The Morgan fingerprint density at radius 1 is 1.14 bits per heavy atom. The number of hydrogen-bond acceptors (Lipinski definition) is 4. The van der Waals surface area contributed by atoms with E-state index in [4.69, 9.17) is 9.47 Å². The first-order valence-corrected chi connectivity index (χ1v) is 8.33. The third-order valence-corrected chi connectivity index (χ3v) is 3.85. The van der Waals surface area contributed by atoms with Gasteiger partial charge in [0.1, 0.15) is 18.5 Å². The molecule has 2 rings (SSSR count). The van der Waals surface area contributed by atoms with Crippen molar-refractivity contribution in [3.63, 3.8) is 0 Å². The van der Waals surface area contributed by atoms with Crippen LogP contribution < -0.4 is 4.74 Å². The summed E-state index contributed by atoms with van der Waals surface area (Å²) in [6.45, 7) is 8.20. The van der Waals surface area contributed by atoms with Crippen molar-refractivity contribution in [2.24, 2.45) is 5.92 Å². The van der Waals surface area contributed by atoms with Crippen LogP contribution in [0.3, 0.4) is 0 Å². The molecule has 0 spiro atoms. The minimum absolute atomic E-state index is 0.341. The zero-order valence-electron chi connectivity index (χ0n) is 13.8. The topological polar surface area (TPSA) is 41.9 Å². The van der Waals surface area contributed by atoms with Gasteiger partial charge in [0.05, 0.1) is 6.10 Å². The molecule has 0 radical (unpaired) electrons. The minimum atomic E-state index is -0.451. The van der Waals surface area contributed by atoms with Crippen LogP contribution in [0.25, 0.3) is 0 Å². The van der Waals surface area contributed by atoms with Crippen LogP contribution in [0.15, 0.2) is 30.3 Å². The van der Waals surface area contributed by atoms with Gasteiger partial charge in [-0.05, 0) is 30.9 Å². The molecule has 22 heavy (non-hydrogen) atoms. The molecule has 1 saturated heterocycles. The van der Waals surface area contributed by atoms with Crippen LogP contribution in [0.4, 0.5) is 0 Å². The molecule has 1 aromatic rings. The van der Waals surface area contributed by atoms with Gasteiger partial charge in [-0.1, -0.05) is 32.0 Å². The Balaban J connectivity index is 1.61. The summed E-state index contributed by atoms with van der Waals surface area (Å²) in [6, 6.07) is 9.64. The Hall–Kier alpha value is -1.10. The Morgan fingerprint density at radius 2 is 1.82 bits per heavy atom. The van der Waals surface area contributed by atoms with Crippen molar-refractivity contribution in [3.05, 3.63) is 30.3 Å². The maximum Gasteiger partial charge on any atom is 0.119 e. The van der Waals surface area contributed by atoms with Crippen LogP contribution in [0, 0.1) is 5.92 Å². The monoisotopic (exact) mass is 307 g/mol. The maximum absolute atomic E-state index is 10.1. The number of benzene rings is 1. The molecule has 0 saturated carbocycles. The van der Waals surface area contributed by atoms with E-state index in [1.165, 1.54) is 0 Å². The van der Waals surface area contributed by atoms with Gasteiger partial charge in [0.15, 0.2) is 0 Å². The van der Waals surface area contributed by atoms with Crippen molar-refractivity contribution < 1.29 is 14.6 Å². The zero-order valence-corrected chi connectivity index (χ0v) is 13.8. The number of aliphatic hydroxyl groups is 1. The standard InChI is InChI=1S/C18H29NO3/c1-15(2)13-21-18-8-10-19(11-9-18)12-16(20)14-22-17-6-4-3-5-7-17/h3-7,15-16,18,20H,8-14H2,1-2H3. The number of para-hydroxylation sites is 1. The molecule has 1 heterocycles. The summed E-state index contributed by atoms with van der Waals surface area (Å²) in [5.41, 5.74) is 0.